The molecule has 1 atom stereocenters. The van der Waals surface area contributed by atoms with Crippen LogP contribution in [0.4, 0.5) is 0 Å². The van der Waals surface area contributed by atoms with Gasteiger partial charge >= 0.3 is 0 Å². The summed E-state index contributed by atoms with van der Waals surface area (Å²) < 4.78 is 28.3. The fraction of sp³-hybridized carbons (Fsp3) is 0.429. The summed E-state index contributed by atoms with van der Waals surface area (Å²) in [5.41, 5.74) is 0.377. The van der Waals surface area contributed by atoms with Crippen molar-refractivity contribution in [2.75, 3.05) is 11.5 Å². The van der Waals surface area contributed by atoms with Gasteiger partial charge in [0.2, 0.25) is 11.7 Å². The fourth-order valence-corrected chi connectivity index (χ4v) is 4.73. The van der Waals surface area contributed by atoms with Crippen LogP contribution >= 0.6 is 11.6 Å². The smallest absolute Gasteiger partial charge is 0.240 e. The molecule has 1 N–H and O–H groups in total. The molecule has 8 heteroatoms. The molecule has 0 unspecified atom stereocenters. The van der Waals surface area contributed by atoms with Gasteiger partial charge in [-0.25, -0.2) is 8.42 Å². The van der Waals surface area contributed by atoms with Crippen molar-refractivity contribution >= 4 is 21.4 Å². The Kier molecular flexibility index (Phi) is 3.96. The van der Waals surface area contributed by atoms with Gasteiger partial charge in [-0.1, -0.05) is 16.8 Å². The minimum atomic E-state index is -2.94. The van der Waals surface area contributed by atoms with E-state index in [4.69, 9.17) is 16.1 Å². The van der Waals surface area contributed by atoms with Crippen molar-refractivity contribution in [1.82, 2.24) is 15.5 Å². The lowest BCUT2D eigenvalue weighted by atomic mass is 10.0. The highest BCUT2D eigenvalue weighted by atomic mass is 35.5. The molecule has 1 aromatic heterocycles. The standard InChI is InChI=1S/C14H16ClN3O3S/c1-14(6-7-22(19,20)9-14)16-8-12-17-13(18-21-12)10-2-4-11(15)5-3-10/h2-5,16H,6-9H2,1H3/t14-/m0/s1. The van der Waals surface area contributed by atoms with Crippen LogP contribution in [0.3, 0.4) is 0 Å². The van der Waals surface area contributed by atoms with E-state index in [1.165, 1.54) is 0 Å². The third-order valence-corrected chi connectivity index (χ3v) is 5.90. The Bertz CT molecular complexity index is 773. The van der Waals surface area contributed by atoms with E-state index >= 15 is 0 Å². The van der Waals surface area contributed by atoms with E-state index in [0.717, 1.165) is 5.56 Å². The second-order valence-electron chi connectivity index (χ2n) is 5.77. The van der Waals surface area contributed by atoms with Crippen LogP contribution in [0.5, 0.6) is 0 Å². The first-order valence-electron chi connectivity index (χ1n) is 6.89. The summed E-state index contributed by atoms with van der Waals surface area (Å²) in [5, 5.41) is 7.78. The van der Waals surface area contributed by atoms with Gasteiger partial charge in [0, 0.05) is 16.1 Å². The summed E-state index contributed by atoms with van der Waals surface area (Å²) >= 11 is 5.84. The number of benzene rings is 1. The Morgan fingerprint density at radius 3 is 2.73 bits per heavy atom. The molecule has 2 aromatic rings. The minimum Gasteiger partial charge on any atom is -0.338 e. The quantitative estimate of drug-likeness (QED) is 0.916. The van der Waals surface area contributed by atoms with Crippen molar-refractivity contribution in [3.8, 4) is 11.4 Å². The van der Waals surface area contributed by atoms with Gasteiger partial charge in [0.1, 0.15) is 0 Å². The number of hydrogen-bond acceptors (Lipinski definition) is 6. The van der Waals surface area contributed by atoms with Crippen LogP contribution in [0.1, 0.15) is 19.2 Å². The molecule has 1 saturated heterocycles. The average Bonchev–Trinajstić information content (AvgIpc) is 3.03. The first-order chi connectivity index (χ1) is 10.4. The average molecular weight is 342 g/mol. The maximum Gasteiger partial charge on any atom is 0.240 e. The van der Waals surface area contributed by atoms with Gasteiger partial charge in [-0.2, -0.15) is 4.98 Å². The van der Waals surface area contributed by atoms with Gasteiger partial charge < -0.3 is 9.84 Å². The highest BCUT2D eigenvalue weighted by Gasteiger charge is 2.38. The van der Waals surface area contributed by atoms with Gasteiger partial charge in [0.05, 0.1) is 18.1 Å². The summed E-state index contributed by atoms with van der Waals surface area (Å²) in [4.78, 5) is 4.31. The molecule has 6 nitrogen and oxygen atoms in total. The van der Waals surface area contributed by atoms with E-state index in [1.807, 2.05) is 19.1 Å². The molecule has 0 spiro atoms. The predicted molar refractivity (Wildman–Crippen MR) is 83.3 cm³/mol. The van der Waals surface area contributed by atoms with Crippen molar-refractivity contribution in [3.05, 3.63) is 35.2 Å². The van der Waals surface area contributed by atoms with Crippen LogP contribution in [-0.2, 0) is 16.4 Å². The summed E-state index contributed by atoms with van der Waals surface area (Å²) in [6, 6.07) is 7.15. The zero-order chi connectivity index (χ0) is 15.8. The van der Waals surface area contributed by atoms with Gasteiger partial charge in [-0.05, 0) is 37.6 Å². The third kappa shape index (κ3) is 3.48. The molecule has 1 aliphatic heterocycles. The first-order valence-corrected chi connectivity index (χ1v) is 9.09. The van der Waals surface area contributed by atoms with Gasteiger partial charge in [0.15, 0.2) is 9.84 Å². The summed E-state index contributed by atoms with van der Waals surface area (Å²) in [5.74, 6) is 1.27. The van der Waals surface area contributed by atoms with Gasteiger partial charge in [-0.15, -0.1) is 0 Å². The predicted octanol–water partition coefficient (Wildman–Crippen LogP) is 2.06. The summed E-state index contributed by atoms with van der Waals surface area (Å²) in [6.07, 6.45) is 0.591. The third-order valence-electron chi connectivity index (χ3n) is 3.74. The Balaban J connectivity index is 1.66. The molecule has 0 radical (unpaired) electrons. The highest BCUT2D eigenvalue weighted by molar-refractivity contribution is 7.91. The molecular weight excluding hydrogens is 326 g/mol. The lowest BCUT2D eigenvalue weighted by molar-refractivity contribution is 0.327. The number of rotatable bonds is 4. The van der Waals surface area contributed by atoms with E-state index in [2.05, 4.69) is 15.5 Å². The van der Waals surface area contributed by atoms with E-state index in [0.29, 0.717) is 29.7 Å². The molecule has 0 amide bonds. The molecule has 1 aliphatic rings. The number of halogens is 1. The summed E-state index contributed by atoms with van der Waals surface area (Å²) in [6.45, 7) is 2.24. The maximum atomic E-state index is 11.6. The molecule has 0 aliphatic carbocycles. The molecule has 0 saturated carbocycles. The van der Waals surface area contributed by atoms with E-state index in [1.54, 1.807) is 12.1 Å². The van der Waals surface area contributed by atoms with Crippen LogP contribution in [0.25, 0.3) is 11.4 Å². The Morgan fingerprint density at radius 1 is 1.36 bits per heavy atom. The van der Waals surface area contributed by atoms with E-state index < -0.39 is 15.4 Å². The van der Waals surface area contributed by atoms with Gasteiger partial charge in [-0.3, -0.25) is 0 Å². The van der Waals surface area contributed by atoms with E-state index in [9.17, 15) is 8.42 Å². The number of nitrogens with zero attached hydrogens (tertiary/aromatic N) is 2. The fourth-order valence-electron chi connectivity index (χ4n) is 2.48. The monoisotopic (exact) mass is 341 g/mol. The second-order valence-corrected chi connectivity index (χ2v) is 8.40. The van der Waals surface area contributed by atoms with Crippen molar-refractivity contribution in [2.24, 2.45) is 0 Å². The molecule has 22 heavy (non-hydrogen) atoms. The van der Waals surface area contributed by atoms with Crippen molar-refractivity contribution in [1.29, 1.82) is 0 Å². The first kappa shape index (κ1) is 15.5. The zero-order valence-electron chi connectivity index (χ0n) is 12.0. The van der Waals surface area contributed by atoms with Crippen LogP contribution < -0.4 is 5.32 Å². The van der Waals surface area contributed by atoms with Gasteiger partial charge in [0.25, 0.3) is 0 Å². The lowest BCUT2D eigenvalue weighted by Crippen LogP contribution is -2.42. The van der Waals surface area contributed by atoms with Crippen LogP contribution in [0.2, 0.25) is 5.02 Å². The van der Waals surface area contributed by atoms with E-state index in [-0.39, 0.29) is 11.5 Å². The Morgan fingerprint density at radius 2 is 2.09 bits per heavy atom. The number of nitrogens with one attached hydrogen (secondary N) is 1. The topological polar surface area (TPSA) is 85.1 Å². The highest BCUT2D eigenvalue weighted by Crippen LogP contribution is 2.23. The maximum absolute atomic E-state index is 11.6. The van der Waals surface area contributed by atoms with Crippen molar-refractivity contribution in [3.63, 3.8) is 0 Å². The SMILES string of the molecule is C[C@]1(NCc2nc(-c3ccc(Cl)cc3)no2)CCS(=O)(=O)C1. The molecule has 1 fully saturated rings. The molecule has 0 bridgehead atoms. The Hall–Kier alpha value is -1.44. The van der Waals surface area contributed by atoms with Crippen molar-refractivity contribution in [2.45, 2.75) is 25.4 Å². The van der Waals surface area contributed by atoms with Crippen molar-refractivity contribution < 1.29 is 12.9 Å². The Labute approximate surface area is 133 Å². The molecule has 2 heterocycles. The zero-order valence-corrected chi connectivity index (χ0v) is 13.6. The molecule has 118 valence electrons. The van der Waals surface area contributed by atoms with Crippen LogP contribution in [-0.4, -0.2) is 35.6 Å². The largest absolute Gasteiger partial charge is 0.338 e. The number of hydrogen-bond donors (Lipinski definition) is 1. The normalized spacial score (nSPS) is 23.7. The number of sulfone groups is 1. The number of aromatic nitrogens is 2. The molecular formula is C14H16ClN3O3S. The van der Waals surface area contributed by atoms with Crippen LogP contribution in [0.15, 0.2) is 28.8 Å². The second kappa shape index (κ2) is 5.64. The summed E-state index contributed by atoms with van der Waals surface area (Å²) in [7, 11) is -2.94. The molecule has 3 rings (SSSR count). The molecule has 1 aromatic carbocycles. The van der Waals surface area contributed by atoms with Crippen LogP contribution in [0, 0.1) is 0 Å². The minimum absolute atomic E-state index is 0.137. The lowest BCUT2D eigenvalue weighted by Gasteiger charge is -2.22.